The third kappa shape index (κ3) is 4.59. The van der Waals surface area contributed by atoms with Crippen LogP contribution in [0.2, 0.25) is 0 Å². The van der Waals surface area contributed by atoms with Crippen molar-refractivity contribution >= 4 is 28.2 Å². The molecule has 1 aliphatic rings. The van der Waals surface area contributed by atoms with Crippen molar-refractivity contribution in [3.05, 3.63) is 65.3 Å². The minimum atomic E-state index is -0.289. The van der Waals surface area contributed by atoms with E-state index in [1.807, 2.05) is 48.7 Å². The Kier molecular flexibility index (Phi) is 5.81. The van der Waals surface area contributed by atoms with E-state index >= 15 is 0 Å². The number of ketones is 1. The highest BCUT2D eigenvalue weighted by Gasteiger charge is 2.24. The lowest BCUT2D eigenvalue weighted by Crippen LogP contribution is -2.18. The van der Waals surface area contributed by atoms with Crippen LogP contribution in [-0.4, -0.2) is 21.7 Å². The highest BCUT2D eigenvalue weighted by atomic mass is 32.1. The van der Waals surface area contributed by atoms with Gasteiger partial charge in [-0.1, -0.05) is 24.3 Å². The summed E-state index contributed by atoms with van der Waals surface area (Å²) in [5, 5.41) is 5.41. The molecule has 0 spiro atoms. The first-order valence-corrected chi connectivity index (χ1v) is 10.8. The second-order valence-corrected chi connectivity index (χ2v) is 8.35. The van der Waals surface area contributed by atoms with Gasteiger partial charge in [0.1, 0.15) is 5.78 Å². The Labute approximate surface area is 174 Å². The highest BCUT2D eigenvalue weighted by Crippen LogP contribution is 2.27. The Bertz CT molecular complexity index is 998. The third-order valence-electron chi connectivity index (χ3n) is 5.48. The Morgan fingerprint density at radius 3 is 2.79 bits per heavy atom. The summed E-state index contributed by atoms with van der Waals surface area (Å²) in [5.41, 5.74) is 3.83. The van der Waals surface area contributed by atoms with Gasteiger partial charge < -0.3 is 5.32 Å². The third-order valence-corrected chi connectivity index (χ3v) is 6.24. The van der Waals surface area contributed by atoms with Gasteiger partial charge in [0.15, 0.2) is 5.13 Å². The van der Waals surface area contributed by atoms with Gasteiger partial charge in [-0.05, 0) is 49.4 Å². The van der Waals surface area contributed by atoms with Crippen LogP contribution in [0.5, 0.6) is 0 Å². The number of hydrogen-bond donors (Lipinski definition) is 1. The highest BCUT2D eigenvalue weighted by molar-refractivity contribution is 7.14. The van der Waals surface area contributed by atoms with E-state index in [1.54, 1.807) is 12.4 Å². The van der Waals surface area contributed by atoms with Crippen LogP contribution in [0, 0.1) is 5.92 Å². The molecular formula is C23H23N3O2S. The van der Waals surface area contributed by atoms with Crippen molar-refractivity contribution in [2.24, 2.45) is 5.92 Å². The maximum absolute atomic E-state index is 12.7. The number of nitrogens with one attached hydrogen (secondary N) is 1. The predicted octanol–water partition coefficient (Wildman–Crippen LogP) is 4.86. The molecule has 4 rings (SSSR count). The van der Waals surface area contributed by atoms with Crippen LogP contribution in [0.15, 0.2) is 54.2 Å². The van der Waals surface area contributed by atoms with Gasteiger partial charge in [0.25, 0.3) is 0 Å². The molecule has 2 aromatic heterocycles. The molecule has 0 bridgehead atoms. The van der Waals surface area contributed by atoms with Gasteiger partial charge in [0.05, 0.1) is 11.6 Å². The van der Waals surface area contributed by atoms with Crippen LogP contribution in [0.25, 0.3) is 11.3 Å². The molecular weight excluding hydrogens is 382 g/mol. The van der Waals surface area contributed by atoms with E-state index in [0.717, 1.165) is 48.1 Å². The zero-order chi connectivity index (χ0) is 20.2. The number of hydrogen-bond acceptors (Lipinski definition) is 5. The number of anilines is 1. The van der Waals surface area contributed by atoms with Crippen molar-refractivity contribution in [3.63, 3.8) is 0 Å². The molecule has 29 heavy (non-hydrogen) atoms. The Balaban J connectivity index is 1.38. The molecule has 1 N–H and O–H groups in total. The number of aromatic nitrogens is 2. The number of rotatable bonds is 6. The van der Waals surface area contributed by atoms with E-state index in [0.29, 0.717) is 10.9 Å². The molecule has 6 heteroatoms. The second kappa shape index (κ2) is 8.66. The summed E-state index contributed by atoms with van der Waals surface area (Å²) in [7, 11) is 0. The largest absolute Gasteiger partial charge is 0.301 e. The Morgan fingerprint density at radius 1 is 1.28 bits per heavy atom. The molecule has 0 radical (unpaired) electrons. The standard InChI is InChI=1S/C23H23N3O2S/c1-15(17-9-7-16(8-10-17)12-18-4-2-6-21(18)27)22(28)26-23-25-20(14-29-23)19-5-3-11-24-13-19/h3,5,7-11,13-15,18H,2,4,6,12H2,1H3,(H,25,26,28)/t15-,18-/m1/s1. The van der Waals surface area contributed by atoms with E-state index in [9.17, 15) is 9.59 Å². The summed E-state index contributed by atoms with van der Waals surface area (Å²) < 4.78 is 0. The van der Waals surface area contributed by atoms with Crippen molar-refractivity contribution in [1.29, 1.82) is 0 Å². The van der Waals surface area contributed by atoms with Gasteiger partial charge in [0.2, 0.25) is 5.91 Å². The molecule has 0 saturated heterocycles. The smallest absolute Gasteiger partial charge is 0.233 e. The van der Waals surface area contributed by atoms with Crippen LogP contribution in [0.3, 0.4) is 0 Å². The van der Waals surface area contributed by atoms with Gasteiger partial charge in [-0.15, -0.1) is 11.3 Å². The first-order chi connectivity index (χ1) is 14.1. The van der Waals surface area contributed by atoms with Gasteiger partial charge in [-0.25, -0.2) is 4.98 Å². The zero-order valence-corrected chi connectivity index (χ0v) is 17.1. The Hall–Kier alpha value is -2.86. The quantitative estimate of drug-likeness (QED) is 0.636. The molecule has 0 aliphatic heterocycles. The Morgan fingerprint density at radius 2 is 2.10 bits per heavy atom. The van der Waals surface area contributed by atoms with Crippen LogP contribution < -0.4 is 5.32 Å². The minimum absolute atomic E-state index is 0.0872. The molecule has 5 nitrogen and oxygen atoms in total. The number of pyridine rings is 1. The van der Waals surface area contributed by atoms with Crippen molar-refractivity contribution in [3.8, 4) is 11.3 Å². The summed E-state index contributed by atoms with van der Waals surface area (Å²) in [5.74, 6) is 0.176. The average Bonchev–Trinajstić information content (AvgIpc) is 3.38. The normalized spacial score (nSPS) is 17.3. The lowest BCUT2D eigenvalue weighted by atomic mass is 9.94. The fourth-order valence-electron chi connectivity index (χ4n) is 3.67. The lowest BCUT2D eigenvalue weighted by molar-refractivity contribution is -0.120. The maximum atomic E-state index is 12.7. The summed E-state index contributed by atoms with van der Waals surface area (Å²) in [6.45, 7) is 1.89. The number of carbonyl (C=O) groups is 2. The van der Waals surface area contributed by atoms with Crippen LogP contribution >= 0.6 is 11.3 Å². The maximum Gasteiger partial charge on any atom is 0.233 e. The predicted molar refractivity (Wildman–Crippen MR) is 115 cm³/mol. The van der Waals surface area contributed by atoms with E-state index in [-0.39, 0.29) is 17.7 Å². The topological polar surface area (TPSA) is 72.0 Å². The van der Waals surface area contributed by atoms with Gasteiger partial charge in [-0.3, -0.25) is 14.6 Å². The van der Waals surface area contributed by atoms with Crippen molar-refractivity contribution in [2.45, 2.75) is 38.5 Å². The first kappa shape index (κ1) is 19.5. The number of benzene rings is 1. The number of Topliss-reactive ketones (excluding diaryl/α,β-unsaturated/α-hetero) is 1. The molecule has 1 fully saturated rings. The van der Waals surface area contributed by atoms with Crippen molar-refractivity contribution < 1.29 is 9.59 Å². The number of thiazole rings is 1. The van der Waals surface area contributed by atoms with E-state index in [2.05, 4.69) is 15.3 Å². The number of nitrogens with zero attached hydrogens (tertiary/aromatic N) is 2. The molecule has 2 heterocycles. The van der Waals surface area contributed by atoms with Gasteiger partial charge in [0, 0.05) is 35.7 Å². The fourth-order valence-corrected chi connectivity index (χ4v) is 4.40. The van der Waals surface area contributed by atoms with Crippen LogP contribution in [-0.2, 0) is 16.0 Å². The van der Waals surface area contributed by atoms with Gasteiger partial charge in [-0.2, -0.15) is 0 Å². The summed E-state index contributed by atoms with van der Waals surface area (Å²) >= 11 is 1.40. The van der Waals surface area contributed by atoms with Crippen molar-refractivity contribution in [1.82, 2.24) is 9.97 Å². The molecule has 0 unspecified atom stereocenters. The minimum Gasteiger partial charge on any atom is -0.301 e. The monoisotopic (exact) mass is 405 g/mol. The molecule has 1 aliphatic carbocycles. The molecule has 1 amide bonds. The molecule has 3 aromatic rings. The second-order valence-electron chi connectivity index (χ2n) is 7.49. The molecule has 2 atom stereocenters. The zero-order valence-electron chi connectivity index (χ0n) is 16.3. The molecule has 1 aromatic carbocycles. The van der Waals surface area contributed by atoms with E-state index in [4.69, 9.17) is 0 Å². The summed E-state index contributed by atoms with van der Waals surface area (Å²) in [6, 6.07) is 11.9. The number of carbonyl (C=O) groups excluding carboxylic acids is 2. The van der Waals surface area contributed by atoms with Crippen molar-refractivity contribution in [2.75, 3.05) is 5.32 Å². The lowest BCUT2D eigenvalue weighted by Gasteiger charge is -2.13. The first-order valence-electron chi connectivity index (χ1n) is 9.88. The number of amides is 1. The molecule has 1 saturated carbocycles. The van der Waals surface area contributed by atoms with E-state index < -0.39 is 0 Å². The van der Waals surface area contributed by atoms with Gasteiger partial charge >= 0.3 is 0 Å². The fraction of sp³-hybridized carbons (Fsp3) is 0.304. The SMILES string of the molecule is C[C@@H](C(=O)Nc1nc(-c2cccnc2)cs1)c1ccc(C[C@H]2CCCC2=O)cc1. The summed E-state index contributed by atoms with van der Waals surface area (Å²) in [4.78, 5) is 33.1. The van der Waals surface area contributed by atoms with E-state index in [1.165, 1.54) is 11.3 Å². The molecule has 148 valence electrons. The average molecular weight is 406 g/mol. The summed E-state index contributed by atoms with van der Waals surface area (Å²) in [6.07, 6.45) is 7.00. The van der Waals surface area contributed by atoms with Crippen LogP contribution in [0.4, 0.5) is 5.13 Å². The van der Waals surface area contributed by atoms with Crippen LogP contribution in [0.1, 0.15) is 43.2 Å².